The Morgan fingerprint density at radius 2 is 2.18 bits per heavy atom. The fraction of sp³-hybridized carbons (Fsp3) is 0.571. The first-order valence-electron chi connectivity index (χ1n) is 6.48. The Hall–Kier alpha value is -0.730. The average Bonchev–Trinajstić information content (AvgIpc) is 3.13. The molecule has 0 aromatic heterocycles. The van der Waals surface area contributed by atoms with E-state index in [1.54, 1.807) is 0 Å². The number of nitrogen functional groups attached to an aromatic ring is 1. The van der Waals surface area contributed by atoms with Crippen molar-refractivity contribution in [2.45, 2.75) is 45.2 Å². The summed E-state index contributed by atoms with van der Waals surface area (Å²) in [5.74, 6) is 0. The molecular formula is C14H21ClN2. The van der Waals surface area contributed by atoms with E-state index in [1.165, 1.54) is 37.8 Å². The summed E-state index contributed by atoms with van der Waals surface area (Å²) in [4.78, 5) is 2.58. The summed E-state index contributed by atoms with van der Waals surface area (Å²) in [5, 5.41) is 0.653. The molecule has 0 aliphatic heterocycles. The largest absolute Gasteiger partial charge is 0.398 e. The standard InChI is InChI=1S/C14H21ClN2/c1-2-3-8-17(12-5-6-12)10-11-4-7-13(15)14(16)9-11/h4,7,9,12H,2-3,5-6,8,10,16H2,1H3. The maximum atomic E-state index is 5.94. The predicted octanol–water partition coefficient (Wildman–Crippen LogP) is 3.69. The molecule has 1 aromatic carbocycles. The summed E-state index contributed by atoms with van der Waals surface area (Å²) in [7, 11) is 0. The zero-order valence-electron chi connectivity index (χ0n) is 10.5. The van der Waals surface area contributed by atoms with Gasteiger partial charge in [-0.3, -0.25) is 4.90 Å². The number of nitrogens with two attached hydrogens (primary N) is 1. The van der Waals surface area contributed by atoms with Crippen molar-refractivity contribution in [2.75, 3.05) is 12.3 Å². The molecule has 2 nitrogen and oxygen atoms in total. The summed E-state index contributed by atoms with van der Waals surface area (Å²) in [6, 6.07) is 6.79. The topological polar surface area (TPSA) is 29.3 Å². The van der Waals surface area contributed by atoms with Gasteiger partial charge in [-0.2, -0.15) is 0 Å². The van der Waals surface area contributed by atoms with Crippen LogP contribution >= 0.6 is 11.6 Å². The van der Waals surface area contributed by atoms with Gasteiger partial charge in [-0.1, -0.05) is 31.0 Å². The lowest BCUT2D eigenvalue weighted by Crippen LogP contribution is -2.26. The highest BCUT2D eigenvalue weighted by Gasteiger charge is 2.28. The van der Waals surface area contributed by atoms with Gasteiger partial charge in [0, 0.05) is 12.6 Å². The van der Waals surface area contributed by atoms with Gasteiger partial charge in [-0.25, -0.2) is 0 Å². The van der Waals surface area contributed by atoms with Crippen LogP contribution in [0.3, 0.4) is 0 Å². The van der Waals surface area contributed by atoms with Crippen molar-refractivity contribution in [3.05, 3.63) is 28.8 Å². The summed E-state index contributed by atoms with van der Waals surface area (Å²) in [6.07, 6.45) is 5.24. The number of rotatable bonds is 6. The van der Waals surface area contributed by atoms with E-state index < -0.39 is 0 Å². The van der Waals surface area contributed by atoms with Gasteiger partial charge in [0.2, 0.25) is 0 Å². The average molecular weight is 253 g/mol. The Bertz CT molecular complexity index is 374. The van der Waals surface area contributed by atoms with E-state index in [1.807, 2.05) is 12.1 Å². The molecule has 1 saturated carbocycles. The first-order chi connectivity index (χ1) is 8.20. The monoisotopic (exact) mass is 252 g/mol. The zero-order chi connectivity index (χ0) is 12.3. The lowest BCUT2D eigenvalue weighted by Gasteiger charge is -2.22. The molecule has 1 aromatic rings. The highest BCUT2D eigenvalue weighted by Crippen LogP contribution is 2.29. The number of nitrogens with zero attached hydrogens (tertiary/aromatic N) is 1. The quantitative estimate of drug-likeness (QED) is 0.783. The molecule has 1 aliphatic rings. The second kappa shape index (κ2) is 5.74. The van der Waals surface area contributed by atoms with Crippen LogP contribution in [0.2, 0.25) is 5.02 Å². The number of hydrogen-bond acceptors (Lipinski definition) is 2. The highest BCUT2D eigenvalue weighted by molar-refractivity contribution is 6.33. The number of hydrogen-bond donors (Lipinski definition) is 1. The molecule has 0 radical (unpaired) electrons. The van der Waals surface area contributed by atoms with E-state index in [0.717, 1.165) is 12.6 Å². The van der Waals surface area contributed by atoms with Gasteiger partial charge in [0.05, 0.1) is 10.7 Å². The van der Waals surface area contributed by atoms with Crippen LogP contribution in [0.25, 0.3) is 0 Å². The van der Waals surface area contributed by atoms with E-state index >= 15 is 0 Å². The second-order valence-electron chi connectivity index (χ2n) is 4.91. The van der Waals surface area contributed by atoms with Crippen molar-refractivity contribution in [1.82, 2.24) is 4.90 Å². The smallest absolute Gasteiger partial charge is 0.0635 e. The van der Waals surface area contributed by atoms with Crippen LogP contribution in [0.4, 0.5) is 5.69 Å². The minimum atomic E-state index is 0.653. The minimum Gasteiger partial charge on any atom is -0.398 e. The molecule has 0 heterocycles. The van der Waals surface area contributed by atoms with Gasteiger partial charge in [0.25, 0.3) is 0 Å². The van der Waals surface area contributed by atoms with Crippen LogP contribution in [0.5, 0.6) is 0 Å². The Balaban J connectivity index is 1.98. The Kier molecular flexibility index (Phi) is 4.30. The molecule has 0 amide bonds. The van der Waals surface area contributed by atoms with Crippen LogP contribution in [-0.4, -0.2) is 17.5 Å². The van der Waals surface area contributed by atoms with Gasteiger partial charge >= 0.3 is 0 Å². The summed E-state index contributed by atoms with van der Waals surface area (Å²) in [5.41, 5.74) is 7.80. The molecule has 0 saturated heterocycles. The predicted molar refractivity (Wildman–Crippen MR) is 74.2 cm³/mol. The van der Waals surface area contributed by atoms with Crippen molar-refractivity contribution < 1.29 is 0 Å². The van der Waals surface area contributed by atoms with Crippen molar-refractivity contribution >= 4 is 17.3 Å². The van der Waals surface area contributed by atoms with E-state index in [9.17, 15) is 0 Å². The lowest BCUT2D eigenvalue weighted by atomic mass is 10.1. The molecule has 0 atom stereocenters. The Morgan fingerprint density at radius 3 is 2.76 bits per heavy atom. The molecule has 2 rings (SSSR count). The van der Waals surface area contributed by atoms with E-state index in [4.69, 9.17) is 17.3 Å². The zero-order valence-corrected chi connectivity index (χ0v) is 11.2. The van der Waals surface area contributed by atoms with Gasteiger partial charge < -0.3 is 5.73 Å². The molecule has 1 fully saturated rings. The minimum absolute atomic E-state index is 0.653. The van der Waals surface area contributed by atoms with E-state index in [2.05, 4.69) is 17.9 Å². The molecule has 0 bridgehead atoms. The second-order valence-corrected chi connectivity index (χ2v) is 5.32. The van der Waals surface area contributed by atoms with Gasteiger partial charge in [-0.05, 0) is 43.5 Å². The molecule has 2 N–H and O–H groups in total. The number of benzene rings is 1. The molecule has 1 aliphatic carbocycles. The van der Waals surface area contributed by atoms with E-state index in [-0.39, 0.29) is 0 Å². The highest BCUT2D eigenvalue weighted by atomic mass is 35.5. The molecule has 17 heavy (non-hydrogen) atoms. The molecule has 0 spiro atoms. The molecular weight excluding hydrogens is 232 g/mol. The van der Waals surface area contributed by atoms with Crippen LogP contribution in [0.15, 0.2) is 18.2 Å². The van der Waals surface area contributed by atoms with E-state index in [0.29, 0.717) is 10.7 Å². The van der Waals surface area contributed by atoms with Gasteiger partial charge in [0.1, 0.15) is 0 Å². The third-order valence-electron chi connectivity index (χ3n) is 3.31. The normalized spacial score (nSPS) is 15.5. The maximum Gasteiger partial charge on any atom is 0.0635 e. The van der Waals surface area contributed by atoms with Gasteiger partial charge in [-0.15, -0.1) is 0 Å². The van der Waals surface area contributed by atoms with Crippen LogP contribution in [-0.2, 0) is 6.54 Å². The third kappa shape index (κ3) is 3.62. The molecule has 3 heteroatoms. The Morgan fingerprint density at radius 1 is 1.41 bits per heavy atom. The summed E-state index contributed by atoms with van der Waals surface area (Å²) < 4.78 is 0. The third-order valence-corrected chi connectivity index (χ3v) is 3.65. The molecule has 0 unspecified atom stereocenters. The maximum absolute atomic E-state index is 5.94. The van der Waals surface area contributed by atoms with Crippen LogP contribution in [0, 0.1) is 0 Å². The van der Waals surface area contributed by atoms with Crippen molar-refractivity contribution in [2.24, 2.45) is 0 Å². The first-order valence-corrected chi connectivity index (χ1v) is 6.86. The van der Waals surface area contributed by atoms with Crippen LogP contribution in [0.1, 0.15) is 38.2 Å². The Labute approximate surface area is 109 Å². The molecule has 94 valence electrons. The lowest BCUT2D eigenvalue weighted by molar-refractivity contribution is 0.251. The number of anilines is 1. The number of unbranched alkanes of at least 4 members (excludes halogenated alkanes) is 1. The number of halogens is 1. The SMILES string of the molecule is CCCCN(Cc1ccc(Cl)c(N)c1)C1CC1. The van der Waals surface area contributed by atoms with Crippen molar-refractivity contribution in [3.63, 3.8) is 0 Å². The van der Waals surface area contributed by atoms with Gasteiger partial charge in [0.15, 0.2) is 0 Å². The van der Waals surface area contributed by atoms with Crippen molar-refractivity contribution in [1.29, 1.82) is 0 Å². The fourth-order valence-electron chi connectivity index (χ4n) is 2.12. The fourth-order valence-corrected chi connectivity index (χ4v) is 2.24. The first kappa shape index (κ1) is 12.7. The van der Waals surface area contributed by atoms with Crippen LogP contribution < -0.4 is 5.73 Å². The summed E-state index contributed by atoms with van der Waals surface area (Å²) >= 11 is 5.94. The summed E-state index contributed by atoms with van der Waals surface area (Å²) in [6.45, 7) is 4.45. The van der Waals surface area contributed by atoms with Crippen molar-refractivity contribution in [3.8, 4) is 0 Å².